The Balaban J connectivity index is 1.39. The van der Waals surface area contributed by atoms with Crippen LogP contribution in [-0.4, -0.2) is 35.4 Å². The van der Waals surface area contributed by atoms with Gasteiger partial charge in [0.2, 0.25) is 11.8 Å². The summed E-state index contributed by atoms with van der Waals surface area (Å²) >= 11 is 0. The number of amides is 1. The number of benzene rings is 1. The molecule has 0 radical (unpaired) electrons. The van der Waals surface area contributed by atoms with E-state index in [1.807, 2.05) is 49.4 Å². The van der Waals surface area contributed by atoms with Crippen molar-refractivity contribution in [1.82, 2.24) is 15.2 Å². The highest BCUT2D eigenvalue weighted by atomic mass is 16.4. The van der Waals surface area contributed by atoms with Gasteiger partial charge in [-0.15, -0.1) is 0 Å². The van der Waals surface area contributed by atoms with Gasteiger partial charge in [0, 0.05) is 12.1 Å². The molecule has 3 aromatic rings. The van der Waals surface area contributed by atoms with Gasteiger partial charge in [0.25, 0.3) is 0 Å². The molecule has 0 aliphatic carbocycles. The zero-order valence-electron chi connectivity index (χ0n) is 16.8. The van der Waals surface area contributed by atoms with Crippen molar-refractivity contribution in [2.75, 3.05) is 19.6 Å². The third-order valence-corrected chi connectivity index (χ3v) is 5.44. The van der Waals surface area contributed by atoms with Gasteiger partial charge >= 0.3 is 0 Å². The highest BCUT2D eigenvalue weighted by Crippen LogP contribution is 2.25. The largest absolute Gasteiger partial charge is 0.468 e. The van der Waals surface area contributed by atoms with E-state index in [4.69, 9.17) is 8.83 Å². The van der Waals surface area contributed by atoms with Crippen LogP contribution < -0.4 is 5.32 Å². The second-order valence-corrected chi connectivity index (χ2v) is 7.50. The zero-order chi connectivity index (χ0) is 20.1. The number of hydrogen-bond donors (Lipinski definition) is 1. The van der Waals surface area contributed by atoms with Crippen LogP contribution in [0, 0.1) is 6.92 Å². The number of aromatic nitrogens is 1. The Hall–Kier alpha value is -2.86. The molecule has 0 saturated carbocycles. The Morgan fingerprint density at radius 2 is 1.93 bits per heavy atom. The predicted molar refractivity (Wildman–Crippen MR) is 110 cm³/mol. The molecule has 0 spiro atoms. The number of rotatable bonds is 7. The molecule has 1 unspecified atom stereocenters. The third kappa shape index (κ3) is 4.77. The Kier molecular flexibility index (Phi) is 6.10. The number of furan rings is 1. The SMILES string of the molecule is Cc1oc(-c2ccccc2)nc1CC(=O)NCC(c1ccco1)N1CCCCC1. The van der Waals surface area contributed by atoms with Gasteiger partial charge in [0.15, 0.2) is 0 Å². The molecule has 0 bridgehead atoms. The predicted octanol–water partition coefficient (Wildman–Crippen LogP) is 4.13. The molecule has 4 rings (SSSR count). The number of aryl methyl sites for hydroxylation is 1. The Bertz CT molecular complexity index is 912. The summed E-state index contributed by atoms with van der Waals surface area (Å²) in [6.45, 7) is 4.43. The molecule has 1 amide bonds. The van der Waals surface area contributed by atoms with E-state index in [-0.39, 0.29) is 18.4 Å². The molecule has 1 aliphatic heterocycles. The fourth-order valence-corrected chi connectivity index (χ4v) is 3.84. The Morgan fingerprint density at radius 1 is 1.14 bits per heavy atom. The Morgan fingerprint density at radius 3 is 2.66 bits per heavy atom. The maximum absolute atomic E-state index is 12.6. The lowest BCUT2D eigenvalue weighted by Crippen LogP contribution is -2.40. The van der Waals surface area contributed by atoms with E-state index in [2.05, 4.69) is 15.2 Å². The van der Waals surface area contributed by atoms with E-state index in [0.29, 0.717) is 23.9 Å². The molecule has 6 nitrogen and oxygen atoms in total. The van der Waals surface area contributed by atoms with Crippen LogP contribution in [0.5, 0.6) is 0 Å². The molecule has 6 heteroatoms. The summed E-state index contributed by atoms with van der Waals surface area (Å²) in [5, 5.41) is 3.07. The van der Waals surface area contributed by atoms with Gasteiger partial charge in [-0.25, -0.2) is 4.98 Å². The van der Waals surface area contributed by atoms with Gasteiger partial charge in [0.1, 0.15) is 11.5 Å². The number of nitrogens with one attached hydrogen (secondary N) is 1. The number of hydrogen-bond acceptors (Lipinski definition) is 5. The fraction of sp³-hybridized carbons (Fsp3) is 0.391. The van der Waals surface area contributed by atoms with E-state index in [1.54, 1.807) is 6.26 Å². The minimum Gasteiger partial charge on any atom is -0.468 e. The first kappa shape index (κ1) is 19.5. The summed E-state index contributed by atoms with van der Waals surface area (Å²) in [7, 11) is 0. The number of oxazole rings is 1. The normalized spacial score (nSPS) is 15.9. The average molecular weight is 393 g/mol. The quantitative estimate of drug-likeness (QED) is 0.653. The lowest BCUT2D eigenvalue weighted by molar-refractivity contribution is -0.120. The van der Waals surface area contributed by atoms with Crippen LogP contribution in [0.3, 0.4) is 0 Å². The third-order valence-electron chi connectivity index (χ3n) is 5.44. The van der Waals surface area contributed by atoms with Crippen molar-refractivity contribution < 1.29 is 13.6 Å². The second kappa shape index (κ2) is 9.09. The summed E-state index contributed by atoms with van der Waals surface area (Å²) < 4.78 is 11.4. The average Bonchev–Trinajstić information content (AvgIpc) is 3.40. The van der Waals surface area contributed by atoms with Gasteiger partial charge in [-0.2, -0.15) is 0 Å². The highest BCUT2D eigenvalue weighted by Gasteiger charge is 2.25. The van der Waals surface area contributed by atoms with Crippen LogP contribution in [0.25, 0.3) is 11.5 Å². The van der Waals surface area contributed by atoms with Crippen LogP contribution in [0.15, 0.2) is 57.6 Å². The van der Waals surface area contributed by atoms with Gasteiger partial charge in [0.05, 0.1) is 24.4 Å². The minimum atomic E-state index is -0.0606. The molecule has 1 N–H and O–H groups in total. The molecule has 29 heavy (non-hydrogen) atoms. The standard InChI is InChI=1S/C23H27N3O3/c1-17-19(25-23(29-17)18-9-4-2-5-10-18)15-22(27)24-16-20(21-11-8-14-28-21)26-12-6-3-7-13-26/h2,4-5,8-11,14,20H,3,6-7,12-13,15-16H2,1H3,(H,24,27). The van der Waals surface area contributed by atoms with Crippen molar-refractivity contribution in [2.45, 2.75) is 38.6 Å². The first-order chi connectivity index (χ1) is 14.2. The van der Waals surface area contributed by atoms with Crippen molar-refractivity contribution in [1.29, 1.82) is 0 Å². The number of carbonyl (C=O) groups excluding carboxylic acids is 1. The van der Waals surface area contributed by atoms with Crippen LogP contribution in [0.4, 0.5) is 0 Å². The van der Waals surface area contributed by atoms with Crippen molar-refractivity contribution in [2.24, 2.45) is 0 Å². The van der Waals surface area contributed by atoms with Gasteiger partial charge in [-0.05, 0) is 57.1 Å². The first-order valence-electron chi connectivity index (χ1n) is 10.3. The fourth-order valence-electron chi connectivity index (χ4n) is 3.84. The van der Waals surface area contributed by atoms with Gasteiger partial charge in [-0.3, -0.25) is 9.69 Å². The molecule has 152 valence electrons. The van der Waals surface area contributed by atoms with Crippen LogP contribution in [0.1, 0.15) is 42.5 Å². The lowest BCUT2D eigenvalue weighted by Gasteiger charge is -2.33. The van der Waals surface area contributed by atoms with E-state index in [0.717, 1.165) is 24.4 Å². The summed E-state index contributed by atoms with van der Waals surface area (Å²) in [5.41, 5.74) is 1.58. The maximum Gasteiger partial charge on any atom is 0.226 e. The molecular formula is C23H27N3O3. The van der Waals surface area contributed by atoms with Gasteiger partial charge < -0.3 is 14.2 Å². The van der Waals surface area contributed by atoms with Crippen LogP contribution in [0.2, 0.25) is 0 Å². The molecule has 1 aliphatic rings. The number of likely N-dealkylation sites (tertiary alicyclic amines) is 1. The summed E-state index contributed by atoms with van der Waals surface area (Å²) in [6.07, 6.45) is 5.53. The van der Waals surface area contributed by atoms with E-state index < -0.39 is 0 Å². The number of nitrogens with zero attached hydrogens (tertiary/aromatic N) is 2. The number of carbonyl (C=O) groups is 1. The molecule has 1 atom stereocenters. The van der Waals surface area contributed by atoms with E-state index in [9.17, 15) is 4.79 Å². The molecule has 1 saturated heterocycles. The molecule has 1 aromatic carbocycles. The molecular weight excluding hydrogens is 366 g/mol. The molecule has 3 heterocycles. The van der Waals surface area contributed by atoms with Crippen molar-refractivity contribution in [3.8, 4) is 11.5 Å². The van der Waals surface area contributed by atoms with Crippen molar-refractivity contribution in [3.05, 3.63) is 65.9 Å². The highest BCUT2D eigenvalue weighted by molar-refractivity contribution is 5.78. The van der Waals surface area contributed by atoms with E-state index >= 15 is 0 Å². The molecule has 1 fully saturated rings. The van der Waals surface area contributed by atoms with Crippen molar-refractivity contribution >= 4 is 5.91 Å². The van der Waals surface area contributed by atoms with Gasteiger partial charge in [-0.1, -0.05) is 24.6 Å². The minimum absolute atomic E-state index is 0.0606. The zero-order valence-corrected chi connectivity index (χ0v) is 16.8. The summed E-state index contributed by atoms with van der Waals surface area (Å²) in [5.74, 6) is 2.07. The summed E-state index contributed by atoms with van der Waals surface area (Å²) in [6, 6.07) is 13.7. The topological polar surface area (TPSA) is 71.5 Å². The summed E-state index contributed by atoms with van der Waals surface area (Å²) in [4.78, 5) is 19.6. The van der Waals surface area contributed by atoms with E-state index in [1.165, 1.54) is 19.3 Å². The number of piperidine rings is 1. The lowest BCUT2D eigenvalue weighted by atomic mass is 10.1. The smallest absolute Gasteiger partial charge is 0.226 e. The van der Waals surface area contributed by atoms with Crippen molar-refractivity contribution in [3.63, 3.8) is 0 Å². The van der Waals surface area contributed by atoms with Crippen LogP contribution >= 0.6 is 0 Å². The second-order valence-electron chi connectivity index (χ2n) is 7.50. The van der Waals surface area contributed by atoms with Crippen LogP contribution in [-0.2, 0) is 11.2 Å². The first-order valence-corrected chi connectivity index (χ1v) is 10.3. The monoisotopic (exact) mass is 393 g/mol. The Labute approximate surface area is 170 Å². The molecule has 2 aromatic heterocycles. The maximum atomic E-state index is 12.6.